The number of rotatable bonds is 6. The van der Waals surface area contributed by atoms with Gasteiger partial charge in [0.25, 0.3) is 5.88 Å². The minimum absolute atomic E-state index is 0.105. The maximum Gasteiger partial charge on any atom is 0.321 e. The van der Waals surface area contributed by atoms with Crippen LogP contribution in [0.2, 0.25) is 0 Å². The van der Waals surface area contributed by atoms with Gasteiger partial charge in [-0.2, -0.15) is 4.37 Å². The zero-order valence-corrected chi connectivity index (χ0v) is 18.5. The van der Waals surface area contributed by atoms with Crippen molar-refractivity contribution in [3.05, 3.63) is 42.2 Å². The van der Waals surface area contributed by atoms with Crippen LogP contribution in [-0.4, -0.2) is 62.1 Å². The molecule has 0 unspecified atom stereocenters. The number of thioether (sulfide) groups is 1. The van der Waals surface area contributed by atoms with Gasteiger partial charge in [-0.15, -0.1) is 16.1 Å². The molecule has 0 atom stereocenters. The third-order valence-corrected chi connectivity index (χ3v) is 5.95. The second-order valence-corrected chi connectivity index (χ2v) is 8.13. The Labute approximate surface area is 188 Å². The molecule has 3 aromatic rings. The zero-order valence-electron chi connectivity index (χ0n) is 16.9. The summed E-state index contributed by atoms with van der Waals surface area (Å²) in [6.45, 7) is 2.66. The summed E-state index contributed by atoms with van der Waals surface area (Å²) in [4.78, 5) is 25.6. The lowest BCUT2D eigenvalue weighted by atomic mass is 10.3. The molecule has 1 aliphatic heterocycles. The molecule has 1 aromatic carbocycles. The monoisotopic (exact) mass is 458 g/mol. The van der Waals surface area contributed by atoms with Gasteiger partial charge in [0, 0.05) is 43.0 Å². The average Bonchev–Trinajstić information content (AvgIpc) is 3.26. The van der Waals surface area contributed by atoms with Crippen molar-refractivity contribution in [2.24, 2.45) is 0 Å². The highest BCUT2D eigenvalue weighted by atomic mass is 32.2. The number of nitrogens with zero attached hydrogens (tertiary/aromatic N) is 6. The number of anilines is 3. The number of amides is 2. The maximum atomic E-state index is 12.6. The summed E-state index contributed by atoms with van der Waals surface area (Å²) in [6, 6.07) is 9.44. The second kappa shape index (κ2) is 9.79. The van der Waals surface area contributed by atoms with E-state index in [1.807, 2.05) is 30.5 Å². The molecule has 3 N–H and O–H groups in total. The average molecular weight is 459 g/mol. The number of hydrogen-bond acceptors (Lipinski definition) is 10. The van der Waals surface area contributed by atoms with Crippen molar-refractivity contribution in [2.45, 2.75) is 11.5 Å². The summed E-state index contributed by atoms with van der Waals surface area (Å²) in [5.74, 6) is 1.33. The number of carbonyl (C=O) groups is 1. The van der Waals surface area contributed by atoms with E-state index < -0.39 is 0 Å². The predicted molar refractivity (Wildman–Crippen MR) is 122 cm³/mol. The number of aromatic nitrogens is 4. The van der Waals surface area contributed by atoms with Crippen LogP contribution < -0.4 is 20.7 Å². The highest BCUT2D eigenvalue weighted by Gasteiger charge is 2.25. The number of hydrogen-bond donors (Lipinski definition) is 2. The molecule has 1 fully saturated rings. The van der Waals surface area contributed by atoms with Crippen molar-refractivity contribution in [2.75, 3.05) is 48.4 Å². The second-order valence-electron chi connectivity index (χ2n) is 6.72. The van der Waals surface area contributed by atoms with E-state index in [1.54, 1.807) is 28.9 Å². The van der Waals surface area contributed by atoms with Crippen LogP contribution in [0.4, 0.5) is 22.2 Å². The fourth-order valence-corrected chi connectivity index (χ4v) is 4.10. The van der Waals surface area contributed by atoms with Crippen molar-refractivity contribution in [1.29, 1.82) is 0 Å². The number of ether oxygens (including phenoxy) is 1. The Hall–Kier alpha value is -3.12. The lowest BCUT2D eigenvalue weighted by Crippen LogP contribution is -2.50. The Morgan fingerprint density at radius 3 is 2.87 bits per heavy atom. The van der Waals surface area contributed by atoms with Crippen LogP contribution in [0.1, 0.15) is 5.69 Å². The van der Waals surface area contributed by atoms with Crippen molar-refractivity contribution in [1.82, 2.24) is 23.6 Å². The van der Waals surface area contributed by atoms with Gasteiger partial charge in [0.1, 0.15) is 6.61 Å². The minimum Gasteiger partial charge on any atom is -0.468 e. The summed E-state index contributed by atoms with van der Waals surface area (Å²) in [6.07, 6.45) is 3.59. The van der Waals surface area contributed by atoms with Crippen LogP contribution in [0.25, 0.3) is 0 Å². The summed E-state index contributed by atoms with van der Waals surface area (Å²) < 4.78 is 14.4. The molecule has 2 aromatic heterocycles. The third-order valence-electron chi connectivity index (χ3n) is 4.72. The number of benzene rings is 1. The topological polar surface area (TPSA) is 122 Å². The molecule has 2 amide bonds. The van der Waals surface area contributed by atoms with Gasteiger partial charge in [0.15, 0.2) is 0 Å². The van der Waals surface area contributed by atoms with E-state index in [4.69, 9.17) is 10.5 Å². The van der Waals surface area contributed by atoms with Crippen LogP contribution >= 0.6 is 23.5 Å². The predicted octanol–water partition coefficient (Wildman–Crippen LogP) is 2.57. The van der Waals surface area contributed by atoms with Crippen molar-refractivity contribution < 1.29 is 9.53 Å². The molecule has 162 valence electrons. The molecule has 0 radical (unpaired) electrons. The molecule has 12 heteroatoms. The van der Waals surface area contributed by atoms with E-state index in [2.05, 4.69) is 28.9 Å². The van der Waals surface area contributed by atoms with Crippen molar-refractivity contribution >= 4 is 47.0 Å². The molecule has 1 saturated heterocycles. The van der Waals surface area contributed by atoms with E-state index in [0.717, 1.165) is 22.3 Å². The molecule has 0 spiro atoms. The lowest BCUT2D eigenvalue weighted by Gasteiger charge is -2.34. The summed E-state index contributed by atoms with van der Waals surface area (Å²) in [5, 5.41) is 2.97. The SMILES string of the molecule is CSc1cccc(NC(=O)N2CCN(c3nsnc3OCc3ccnc(N)n3)CC2)c1. The molecule has 4 rings (SSSR count). The minimum atomic E-state index is -0.105. The first-order valence-electron chi connectivity index (χ1n) is 9.60. The maximum absolute atomic E-state index is 12.6. The van der Waals surface area contributed by atoms with Crippen molar-refractivity contribution in [3.63, 3.8) is 0 Å². The van der Waals surface area contributed by atoms with Crippen LogP contribution in [0.15, 0.2) is 41.4 Å². The number of urea groups is 1. The Bertz CT molecular complexity index is 1040. The van der Waals surface area contributed by atoms with Gasteiger partial charge in [-0.25, -0.2) is 14.8 Å². The first-order valence-corrected chi connectivity index (χ1v) is 11.6. The Morgan fingerprint density at radius 1 is 1.26 bits per heavy atom. The van der Waals surface area contributed by atoms with Crippen LogP contribution in [0.3, 0.4) is 0 Å². The molecular formula is C19H22N8O2S2. The molecule has 0 saturated carbocycles. The number of carbonyl (C=O) groups excluding carboxylic acids is 1. The first-order chi connectivity index (χ1) is 15.1. The fourth-order valence-electron chi connectivity index (χ4n) is 3.12. The molecular weight excluding hydrogens is 436 g/mol. The van der Waals surface area contributed by atoms with E-state index in [1.165, 1.54) is 0 Å². The summed E-state index contributed by atoms with van der Waals surface area (Å²) in [5.41, 5.74) is 7.07. The van der Waals surface area contributed by atoms with E-state index in [9.17, 15) is 4.79 Å². The van der Waals surface area contributed by atoms with E-state index >= 15 is 0 Å². The highest BCUT2D eigenvalue weighted by molar-refractivity contribution is 7.98. The van der Waals surface area contributed by atoms with Crippen molar-refractivity contribution in [3.8, 4) is 5.88 Å². The highest BCUT2D eigenvalue weighted by Crippen LogP contribution is 2.27. The smallest absolute Gasteiger partial charge is 0.321 e. The Balaban J connectivity index is 1.31. The third kappa shape index (κ3) is 5.33. The summed E-state index contributed by atoms with van der Waals surface area (Å²) >= 11 is 2.73. The quantitative estimate of drug-likeness (QED) is 0.537. The standard InChI is InChI=1S/C19H22N8O2S2/c1-30-15-4-2-3-13(11-15)23-19(28)27-9-7-26(8-10-27)16-17(25-31-24-16)29-12-14-5-6-21-18(20)22-14/h2-6,11H,7-10,12H2,1H3,(H,23,28)(H2,20,21,22). The molecule has 3 heterocycles. The Kier molecular flexibility index (Phi) is 6.67. The van der Waals surface area contributed by atoms with E-state index in [0.29, 0.717) is 43.6 Å². The van der Waals surface area contributed by atoms with Gasteiger partial charge in [0.05, 0.1) is 17.4 Å². The van der Waals surface area contributed by atoms with Gasteiger partial charge in [0.2, 0.25) is 11.8 Å². The van der Waals surface area contributed by atoms with Gasteiger partial charge >= 0.3 is 6.03 Å². The number of nitrogen functional groups attached to an aromatic ring is 1. The Morgan fingerprint density at radius 2 is 2.10 bits per heavy atom. The molecule has 1 aliphatic rings. The molecule has 10 nitrogen and oxygen atoms in total. The zero-order chi connectivity index (χ0) is 21.6. The fraction of sp³-hybridized carbons (Fsp3) is 0.316. The van der Waals surface area contributed by atoms with Crippen LogP contribution in [0.5, 0.6) is 5.88 Å². The van der Waals surface area contributed by atoms with Gasteiger partial charge in [-0.3, -0.25) is 0 Å². The number of piperazine rings is 1. The number of nitrogens with two attached hydrogens (primary N) is 1. The van der Waals surface area contributed by atoms with Gasteiger partial charge in [-0.1, -0.05) is 6.07 Å². The van der Waals surface area contributed by atoms with Gasteiger partial charge in [-0.05, 0) is 30.5 Å². The van der Waals surface area contributed by atoms with Crippen LogP contribution in [0, 0.1) is 0 Å². The first kappa shape index (κ1) is 21.1. The lowest BCUT2D eigenvalue weighted by molar-refractivity contribution is 0.208. The number of nitrogens with one attached hydrogen (secondary N) is 1. The van der Waals surface area contributed by atoms with Gasteiger partial charge < -0.3 is 25.6 Å². The normalized spacial score (nSPS) is 13.8. The molecule has 31 heavy (non-hydrogen) atoms. The van der Waals surface area contributed by atoms with Crippen LogP contribution in [-0.2, 0) is 6.61 Å². The molecule has 0 bridgehead atoms. The summed E-state index contributed by atoms with van der Waals surface area (Å²) in [7, 11) is 0. The largest absolute Gasteiger partial charge is 0.468 e. The molecule has 0 aliphatic carbocycles. The van der Waals surface area contributed by atoms with E-state index in [-0.39, 0.29) is 18.6 Å².